The predicted octanol–water partition coefficient (Wildman–Crippen LogP) is 0.608. The zero-order valence-corrected chi connectivity index (χ0v) is 11.1. The molecule has 16 heavy (non-hydrogen) atoms. The van der Waals surface area contributed by atoms with Crippen LogP contribution in [0.3, 0.4) is 0 Å². The first-order chi connectivity index (χ1) is 7.50. The van der Waals surface area contributed by atoms with Crippen molar-refractivity contribution in [1.29, 1.82) is 0 Å². The highest BCUT2D eigenvalue weighted by Gasteiger charge is 2.44. The van der Waals surface area contributed by atoms with Gasteiger partial charge in [-0.3, -0.25) is 4.79 Å². The van der Waals surface area contributed by atoms with Crippen molar-refractivity contribution in [1.82, 2.24) is 5.32 Å². The van der Waals surface area contributed by atoms with E-state index in [-0.39, 0.29) is 18.0 Å². The molecule has 1 rings (SSSR count). The SMILES string of the molecule is CSCCC(C)NC(=O)C1(C)COCC1N. The molecule has 0 aromatic rings. The van der Waals surface area contributed by atoms with Gasteiger partial charge in [0.2, 0.25) is 5.91 Å². The number of hydrogen-bond donors (Lipinski definition) is 2. The van der Waals surface area contributed by atoms with E-state index in [9.17, 15) is 4.79 Å². The molecule has 0 radical (unpaired) electrons. The Balaban J connectivity index is 2.45. The summed E-state index contributed by atoms with van der Waals surface area (Å²) in [6, 6.07) is 0.00447. The zero-order chi connectivity index (χ0) is 12.2. The summed E-state index contributed by atoms with van der Waals surface area (Å²) in [7, 11) is 0. The molecule has 1 heterocycles. The topological polar surface area (TPSA) is 64.3 Å². The maximum atomic E-state index is 12.1. The van der Waals surface area contributed by atoms with Crippen molar-refractivity contribution < 1.29 is 9.53 Å². The summed E-state index contributed by atoms with van der Waals surface area (Å²) in [5.41, 5.74) is 5.34. The molecular weight excluding hydrogens is 224 g/mol. The van der Waals surface area contributed by atoms with Gasteiger partial charge in [-0.25, -0.2) is 0 Å². The van der Waals surface area contributed by atoms with Crippen LogP contribution in [0.1, 0.15) is 20.3 Å². The Kier molecular flexibility index (Phi) is 5.08. The van der Waals surface area contributed by atoms with Crippen molar-refractivity contribution in [2.45, 2.75) is 32.4 Å². The fraction of sp³-hybridized carbons (Fsp3) is 0.909. The van der Waals surface area contributed by atoms with Crippen molar-refractivity contribution in [3.8, 4) is 0 Å². The molecule has 1 saturated heterocycles. The average molecular weight is 246 g/mol. The molecule has 4 nitrogen and oxygen atoms in total. The fourth-order valence-corrected chi connectivity index (χ4v) is 2.27. The van der Waals surface area contributed by atoms with Crippen LogP contribution in [0.15, 0.2) is 0 Å². The second kappa shape index (κ2) is 5.89. The largest absolute Gasteiger partial charge is 0.379 e. The van der Waals surface area contributed by atoms with Crippen LogP contribution >= 0.6 is 11.8 Å². The first-order valence-electron chi connectivity index (χ1n) is 5.64. The van der Waals surface area contributed by atoms with Crippen LogP contribution in [0.5, 0.6) is 0 Å². The van der Waals surface area contributed by atoms with E-state index in [0.29, 0.717) is 13.2 Å². The van der Waals surface area contributed by atoms with Gasteiger partial charge in [0.25, 0.3) is 0 Å². The molecule has 0 saturated carbocycles. The molecule has 0 aliphatic carbocycles. The second-order valence-corrected chi connectivity index (χ2v) is 5.68. The van der Waals surface area contributed by atoms with Crippen LogP contribution in [0.2, 0.25) is 0 Å². The van der Waals surface area contributed by atoms with Gasteiger partial charge in [-0.1, -0.05) is 0 Å². The maximum absolute atomic E-state index is 12.1. The minimum atomic E-state index is -0.562. The summed E-state index contributed by atoms with van der Waals surface area (Å²) in [6.07, 6.45) is 3.05. The van der Waals surface area contributed by atoms with Crippen LogP contribution in [0.4, 0.5) is 0 Å². The highest BCUT2D eigenvalue weighted by Crippen LogP contribution is 2.27. The Labute approximate surface area is 102 Å². The number of carbonyl (C=O) groups is 1. The highest BCUT2D eigenvalue weighted by atomic mass is 32.2. The van der Waals surface area contributed by atoms with Gasteiger partial charge in [0.1, 0.15) is 0 Å². The maximum Gasteiger partial charge on any atom is 0.230 e. The van der Waals surface area contributed by atoms with E-state index in [1.165, 1.54) is 0 Å². The van der Waals surface area contributed by atoms with Crippen LogP contribution in [0.25, 0.3) is 0 Å². The van der Waals surface area contributed by atoms with E-state index >= 15 is 0 Å². The number of thioether (sulfide) groups is 1. The van der Waals surface area contributed by atoms with Crippen molar-refractivity contribution in [3.63, 3.8) is 0 Å². The summed E-state index contributed by atoms with van der Waals surface area (Å²) in [5.74, 6) is 1.08. The molecule has 0 aromatic heterocycles. The third-order valence-corrected chi connectivity index (χ3v) is 3.81. The molecule has 3 N–H and O–H groups in total. The average Bonchev–Trinajstić information content (AvgIpc) is 2.57. The molecule has 0 spiro atoms. The molecule has 1 aliphatic rings. The Morgan fingerprint density at radius 3 is 2.94 bits per heavy atom. The van der Waals surface area contributed by atoms with Crippen molar-refractivity contribution in [2.75, 3.05) is 25.2 Å². The zero-order valence-electron chi connectivity index (χ0n) is 10.3. The second-order valence-electron chi connectivity index (χ2n) is 4.70. The van der Waals surface area contributed by atoms with Gasteiger partial charge >= 0.3 is 0 Å². The Morgan fingerprint density at radius 1 is 1.75 bits per heavy atom. The van der Waals surface area contributed by atoms with Crippen molar-refractivity contribution in [2.24, 2.45) is 11.1 Å². The molecule has 1 amide bonds. The Hall–Kier alpha value is -0.260. The molecule has 1 aliphatic heterocycles. The number of nitrogens with one attached hydrogen (secondary N) is 1. The van der Waals surface area contributed by atoms with Gasteiger partial charge in [-0.05, 0) is 32.3 Å². The molecular formula is C11H22N2O2S. The van der Waals surface area contributed by atoms with Gasteiger partial charge in [0.05, 0.1) is 18.6 Å². The number of carbonyl (C=O) groups excluding carboxylic acids is 1. The number of hydrogen-bond acceptors (Lipinski definition) is 4. The van der Waals surface area contributed by atoms with E-state index in [4.69, 9.17) is 10.5 Å². The van der Waals surface area contributed by atoms with Crippen LogP contribution in [-0.4, -0.2) is 43.2 Å². The van der Waals surface area contributed by atoms with Crippen LogP contribution in [-0.2, 0) is 9.53 Å². The summed E-state index contributed by atoms with van der Waals surface area (Å²) in [6.45, 7) is 4.80. The molecule has 3 atom stereocenters. The molecule has 3 unspecified atom stereocenters. The predicted molar refractivity (Wildman–Crippen MR) is 67.5 cm³/mol. The van der Waals surface area contributed by atoms with E-state index < -0.39 is 5.41 Å². The first-order valence-corrected chi connectivity index (χ1v) is 7.03. The third-order valence-electron chi connectivity index (χ3n) is 3.17. The smallest absolute Gasteiger partial charge is 0.230 e. The molecule has 94 valence electrons. The summed E-state index contributed by atoms with van der Waals surface area (Å²) >= 11 is 1.79. The highest BCUT2D eigenvalue weighted by molar-refractivity contribution is 7.98. The number of nitrogens with two attached hydrogens (primary N) is 1. The summed E-state index contributed by atoms with van der Waals surface area (Å²) in [5, 5.41) is 3.02. The monoisotopic (exact) mass is 246 g/mol. The molecule has 1 fully saturated rings. The van der Waals surface area contributed by atoms with Crippen molar-refractivity contribution in [3.05, 3.63) is 0 Å². The number of rotatable bonds is 5. The van der Waals surface area contributed by atoms with E-state index in [0.717, 1.165) is 12.2 Å². The lowest BCUT2D eigenvalue weighted by molar-refractivity contribution is -0.131. The van der Waals surface area contributed by atoms with Gasteiger partial charge in [-0.15, -0.1) is 0 Å². The van der Waals surface area contributed by atoms with E-state index in [1.54, 1.807) is 11.8 Å². The van der Waals surface area contributed by atoms with Gasteiger partial charge in [0, 0.05) is 12.1 Å². The van der Waals surface area contributed by atoms with E-state index in [2.05, 4.69) is 11.6 Å². The normalized spacial score (nSPS) is 31.4. The third kappa shape index (κ3) is 3.12. The van der Waals surface area contributed by atoms with Gasteiger partial charge < -0.3 is 15.8 Å². The lowest BCUT2D eigenvalue weighted by atomic mass is 9.84. The molecule has 0 bridgehead atoms. The van der Waals surface area contributed by atoms with Gasteiger partial charge in [0.15, 0.2) is 0 Å². The summed E-state index contributed by atoms with van der Waals surface area (Å²) in [4.78, 5) is 12.1. The summed E-state index contributed by atoms with van der Waals surface area (Å²) < 4.78 is 5.27. The lowest BCUT2D eigenvalue weighted by Gasteiger charge is -2.27. The van der Waals surface area contributed by atoms with Crippen LogP contribution in [0, 0.1) is 5.41 Å². The number of amides is 1. The Bertz CT molecular complexity index is 250. The van der Waals surface area contributed by atoms with Gasteiger partial charge in [-0.2, -0.15) is 11.8 Å². The van der Waals surface area contributed by atoms with Crippen LogP contribution < -0.4 is 11.1 Å². The first kappa shape index (κ1) is 13.8. The quantitative estimate of drug-likeness (QED) is 0.746. The Morgan fingerprint density at radius 2 is 2.44 bits per heavy atom. The minimum Gasteiger partial charge on any atom is -0.379 e. The lowest BCUT2D eigenvalue weighted by Crippen LogP contribution is -2.52. The standard InChI is InChI=1S/C11H22N2O2S/c1-8(4-5-16-3)13-10(14)11(2)7-15-6-9(11)12/h8-9H,4-7,12H2,1-3H3,(H,13,14). The molecule has 0 aromatic carbocycles. The van der Waals surface area contributed by atoms with E-state index in [1.807, 2.05) is 13.8 Å². The number of ether oxygens (including phenoxy) is 1. The minimum absolute atomic E-state index is 0.0195. The van der Waals surface area contributed by atoms with Crippen molar-refractivity contribution >= 4 is 17.7 Å². The molecule has 5 heteroatoms. The fourth-order valence-electron chi connectivity index (χ4n) is 1.68.